The van der Waals surface area contributed by atoms with Crippen LogP contribution in [0.1, 0.15) is 32.1 Å². The van der Waals surface area contributed by atoms with Crippen LogP contribution < -0.4 is 5.32 Å². The van der Waals surface area contributed by atoms with Gasteiger partial charge in [-0.1, -0.05) is 19.3 Å². The van der Waals surface area contributed by atoms with E-state index in [1.807, 2.05) is 11.3 Å². The summed E-state index contributed by atoms with van der Waals surface area (Å²) < 4.78 is 0. The normalized spacial score (nSPS) is 27.1. The lowest BCUT2D eigenvalue weighted by molar-refractivity contribution is 0.352. The first-order valence-corrected chi connectivity index (χ1v) is 7.67. The Labute approximate surface area is 99.7 Å². The fourth-order valence-corrected chi connectivity index (χ4v) is 5.04. The molecule has 1 N–H and O–H groups in total. The minimum absolute atomic E-state index is 0.826. The molecular weight excluding hydrogens is 222 g/mol. The fourth-order valence-electron chi connectivity index (χ4n) is 2.69. The summed E-state index contributed by atoms with van der Waals surface area (Å²) in [5.41, 5.74) is 0. The van der Waals surface area contributed by atoms with Gasteiger partial charge in [0.1, 0.15) is 5.00 Å². The Balaban J connectivity index is 1.69. The van der Waals surface area contributed by atoms with Crippen molar-refractivity contribution in [3.8, 4) is 0 Å². The third-order valence-electron chi connectivity index (χ3n) is 3.55. The Morgan fingerprint density at radius 2 is 2.07 bits per heavy atom. The van der Waals surface area contributed by atoms with Crippen molar-refractivity contribution in [2.75, 3.05) is 11.9 Å². The number of nitrogens with one attached hydrogen (secondary N) is 1. The van der Waals surface area contributed by atoms with Crippen LogP contribution in [0.5, 0.6) is 0 Å². The Morgan fingerprint density at radius 3 is 2.93 bits per heavy atom. The lowest BCUT2D eigenvalue weighted by Gasteiger charge is -2.32. The van der Waals surface area contributed by atoms with Gasteiger partial charge in [-0.3, -0.25) is 0 Å². The molecule has 0 amide bonds. The number of rotatable bonds is 1. The second-order valence-corrected chi connectivity index (χ2v) is 6.75. The van der Waals surface area contributed by atoms with E-state index < -0.39 is 0 Å². The topological polar surface area (TPSA) is 12.0 Å². The molecule has 15 heavy (non-hydrogen) atoms. The molecule has 2 aliphatic rings. The molecule has 1 aromatic heterocycles. The van der Waals surface area contributed by atoms with Gasteiger partial charge in [0.15, 0.2) is 0 Å². The van der Waals surface area contributed by atoms with E-state index in [2.05, 4.69) is 28.5 Å². The minimum Gasteiger partial charge on any atom is -0.375 e. The molecule has 1 saturated carbocycles. The summed E-state index contributed by atoms with van der Waals surface area (Å²) in [6, 6.07) is 2.27. The number of thioether (sulfide) groups is 1. The van der Waals surface area contributed by atoms with Crippen LogP contribution in [-0.2, 0) is 0 Å². The zero-order chi connectivity index (χ0) is 10.1. The molecule has 0 bridgehead atoms. The molecule has 1 aliphatic heterocycles. The predicted octanol–water partition coefficient (Wildman–Crippen LogP) is 4.21. The van der Waals surface area contributed by atoms with Gasteiger partial charge in [0.05, 0.1) is 0 Å². The Hall–Kier alpha value is -0.150. The van der Waals surface area contributed by atoms with Crippen molar-refractivity contribution in [3.63, 3.8) is 0 Å². The van der Waals surface area contributed by atoms with E-state index in [0.29, 0.717) is 0 Å². The van der Waals surface area contributed by atoms with Crippen LogP contribution in [0.25, 0.3) is 0 Å². The van der Waals surface area contributed by atoms with Crippen LogP contribution in [0.3, 0.4) is 0 Å². The molecular formula is C12H17NS2. The van der Waals surface area contributed by atoms with Crippen molar-refractivity contribution in [3.05, 3.63) is 11.4 Å². The van der Waals surface area contributed by atoms with Gasteiger partial charge < -0.3 is 5.32 Å². The molecule has 0 aromatic carbocycles. The second kappa shape index (κ2) is 4.38. The van der Waals surface area contributed by atoms with Gasteiger partial charge in [-0.2, -0.15) is 0 Å². The van der Waals surface area contributed by atoms with Gasteiger partial charge in [-0.05, 0) is 30.2 Å². The standard InChI is InChI=1S/C12H17NS2/c1-2-4-9(5-3-1)11-8-13-12-10(15-11)6-7-14-12/h6-7,9,11,13H,1-5,8H2. The van der Waals surface area contributed by atoms with Gasteiger partial charge >= 0.3 is 0 Å². The maximum atomic E-state index is 3.59. The van der Waals surface area contributed by atoms with Crippen molar-refractivity contribution in [1.82, 2.24) is 0 Å². The Kier molecular flexibility index (Phi) is 2.93. The third-order valence-corrected chi connectivity index (χ3v) is 6.00. The number of fused-ring (bicyclic) bond motifs is 1. The molecule has 0 radical (unpaired) electrons. The van der Waals surface area contributed by atoms with E-state index in [4.69, 9.17) is 0 Å². The average Bonchev–Trinajstić information content (AvgIpc) is 2.77. The molecule has 3 heteroatoms. The van der Waals surface area contributed by atoms with Crippen LogP contribution in [0, 0.1) is 5.92 Å². The lowest BCUT2D eigenvalue weighted by atomic mass is 9.86. The average molecular weight is 239 g/mol. The van der Waals surface area contributed by atoms with E-state index >= 15 is 0 Å². The van der Waals surface area contributed by atoms with E-state index in [1.165, 1.54) is 48.5 Å². The van der Waals surface area contributed by atoms with Gasteiger partial charge in [0.2, 0.25) is 0 Å². The summed E-state index contributed by atoms with van der Waals surface area (Å²) in [5.74, 6) is 0.962. The van der Waals surface area contributed by atoms with Gasteiger partial charge in [-0.25, -0.2) is 0 Å². The first kappa shape index (κ1) is 10.0. The predicted molar refractivity (Wildman–Crippen MR) is 69.0 cm³/mol. The molecule has 1 aliphatic carbocycles. The highest BCUT2D eigenvalue weighted by molar-refractivity contribution is 8.00. The summed E-state index contributed by atoms with van der Waals surface area (Å²) in [6.45, 7) is 1.18. The first-order valence-electron chi connectivity index (χ1n) is 5.91. The molecule has 0 spiro atoms. The van der Waals surface area contributed by atoms with E-state index in [0.717, 1.165) is 11.2 Å². The SMILES string of the molecule is c1cc2c(s1)NCC(C1CCCCC1)S2. The smallest absolute Gasteiger partial charge is 0.102 e. The first-order chi connectivity index (χ1) is 7.43. The third kappa shape index (κ3) is 2.04. The highest BCUT2D eigenvalue weighted by Gasteiger charge is 2.28. The Bertz CT molecular complexity index is 328. The van der Waals surface area contributed by atoms with E-state index in [-0.39, 0.29) is 0 Å². The van der Waals surface area contributed by atoms with Crippen LogP contribution in [0.15, 0.2) is 16.3 Å². The van der Waals surface area contributed by atoms with Crippen molar-refractivity contribution in [1.29, 1.82) is 0 Å². The molecule has 82 valence electrons. The van der Waals surface area contributed by atoms with Crippen LogP contribution >= 0.6 is 23.1 Å². The zero-order valence-electron chi connectivity index (χ0n) is 8.87. The second-order valence-electron chi connectivity index (χ2n) is 4.55. The minimum atomic E-state index is 0.826. The van der Waals surface area contributed by atoms with Crippen molar-refractivity contribution >= 4 is 28.1 Å². The summed E-state index contributed by atoms with van der Waals surface area (Å²) in [7, 11) is 0. The van der Waals surface area contributed by atoms with Crippen molar-refractivity contribution in [2.24, 2.45) is 5.92 Å². The summed E-state index contributed by atoms with van der Waals surface area (Å²) in [5, 5.41) is 8.01. The molecule has 1 aromatic rings. The van der Waals surface area contributed by atoms with Crippen LogP contribution in [0.2, 0.25) is 0 Å². The monoisotopic (exact) mass is 239 g/mol. The van der Waals surface area contributed by atoms with Gasteiger partial charge in [0.25, 0.3) is 0 Å². The summed E-state index contributed by atoms with van der Waals surface area (Å²) in [4.78, 5) is 1.49. The van der Waals surface area contributed by atoms with E-state index in [1.54, 1.807) is 0 Å². The number of hydrogen-bond donors (Lipinski definition) is 1. The molecule has 1 fully saturated rings. The van der Waals surface area contributed by atoms with Crippen LogP contribution in [0.4, 0.5) is 5.00 Å². The largest absolute Gasteiger partial charge is 0.375 e. The lowest BCUT2D eigenvalue weighted by Crippen LogP contribution is -2.29. The molecule has 0 saturated heterocycles. The number of thiophene rings is 1. The molecule has 2 heterocycles. The highest BCUT2D eigenvalue weighted by atomic mass is 32.2. The number of anilines is 1. The molecule has 1 nitrogen and oxygen atoms in total. The summed E-state index contributed by atoms with van der Waals surface area (Å²) >= 11 is 3.96. The van der Waals surface area contributed by atoms with Gasteiger partial charge in [-0.15, -0.1) is 23.1 Å². The highest BCUT2D eigenvalue weighted by Crippen LogP contribution is 2.43. The molecule has 1 unspecified atom stereocenters. The Morgan fingerprint density at radius 1 is 1.20 bits per heavy atom. The maximum absolute atomic E-state index is 3.59. The van der Waals surface area contributed by atoms with Crippen molar-refractivity contribution < 1.29 is 0 Å². The fraction of sp³-hybridized carbons (Fsp3) is 0.667. The molecule has 1 atom stereocenters. The van der Waals surface area contributed by atoms with E-state index in [9.17, 15) is 0 Å². The van der Waals surface area contributed by atoms with Crippen LogP contribution in [-0.4, -0.2) is 11.8 Å². The molecule has 3 rings (SSSR count). The van der Waals surface area contributed by atoms with Gasteiger partial charge in [0, 0.05) is 16.7 Å². The van der Waals surface area contributed by atoms with Crippen molar-refractivity contribution in [2.45, 2.75) is 42.2 Å². The maximum Gasteiger partial charge on any atom is 0.102 e. The quantitative estimate of drug-likeness (QED) is 0.787. The zero-order valence-corrected chi connectivity index (χ0v) is 10.5. The number of hydrogen-bond acceptors (Lipinski definition) is 3. The summed E-state index contributed by atoms with van der Waals surface area (Å²) in [6.07, 6.45) is 7.29.